The number of nitrogens with two attached hydrogens (primary N) is 1. The monoisotopic (exact) mass is 208 g/mol. The Morgan fingerprint density at radius 2 is 2.20 bits per heavy atom. The van der Waals surface area contributed by atoms with Gasteiger partial charge in [0, 0.05) is 0 Å². The van der Waals surface area contributed by atoms with Crippen LogP contribution in [0.3, 0.4) is 0 Å². The van der Waals surface area contributed by atoms with E-state index in [9.17, 15) is 4.79 Å². The Balaban J connectivity index is 2.43. The van der Waals surface area contributed by atoms with Gasteiger partial charge in [0.05, 0.1) is 6.54 Å². The van der Waals surface area contributed by atoms with Crippen molar-refractivity contribution >= 4 is 6.03 Å². The first-order valence-electron chi connectivity index (χ1n) is 4.83. The minimum atomic E-state index is -0.528. The summed E-state index contributed by atoms with van der Waals surface area (Å²) in [4.78, 5) is 10.4. The molecule has 82 valence electrons. The lowest BCUT2D eigenvalue weighted by Gasteiger charge is -2.09. The third kappa shape index (κ3) is 3.89. The van der Waals surface area contributed by atoms with Crippen LogP contribution in [0.4, 0.5) is 4.79 Å². The average molecular weight is 208 g/mol. The summed E-state index contributed by atoms with van der Waals surface area (Å²) in [6.07, 6.45) is 0. The molecule has 0 bridgehead atoms. The van der Waals surface area contributed by atoms with E-state index in [1.807, 2.05) is 32.0 Å². The number of ether oxygens (including phenoxy) is 1. The van der Waals surface area contributed by atoms with Gasteiger partial charge in [-0.3, -0.25) is 0 Å². The van der Waals surface area contributed by atoms with E-state index >= 15 is 0 Å². The molecule has 0 atom stereocenters. The number of benzene rings is 1. The van der Waals surface area contributed by atoms with Gasteiger partial charge in [0.1, 0.15) is 12.4 Å². The molecule has 4 heteroatoms. The number of carbonyl (C=O) groups excluding carboxylic acids is 1. The van der Waals surface area contributed by atoms with Crippen molar-refractivity contribution in [1.82, 2.24) is 5.32 Å². The van der Waals surface area contributed by atoms with Crippen LogP contribution in [0.2, 0.25) is 0 Å². The summed E-state index contributed by atoms with van der Waals surface area (Å²) in [6, 6.07) is 5.48. The summed E-state index contributed by atoms with van der Waals surface area (Å²) in [7, 11) is 0. The van der Waals surface area contributed by atoms with Crippen molar-refractivity contribution < 1.29 is 9.53 Å². The van der Waals surface area contributed by atoms with Crippen molar-refractivity contribution in [3.05, 3.63) is 29.3 Å². The summed E-state index contributed by atoms with van der Waals surface area (Å²) in [5.74, 6) is 0.848. The number of amides is 2. The van der Waals surface area contributed by atoms with Crippen LogP contribution in [-0.4, -0.2) is 19.2 Å². The van der Waals surface area contributed by atoms with E-state index in [1.54, 1.807) is 0 Å². The minimum absolute atomic E-state index is 0.419. The fraction of sp³-hybridized carbons (Fsp3) is 0.364. The van der Waals surface area contributed by atoms with Crippen molar-refractivity contribution in [2.24, 2.45) is 5.73 Å². The van der Waals surface area contributed by atoms with Gasteiger partial charge in [-0.2, -0.15) is 0 Å². The predicted octanol–water partition coefficient (Wildman–Crippen LogP) is 1.35. The van der Waals surface area contributed by atoms with Crippen molar-refractivity contribution in [2.75, 3.05) is 13.2 Å². The molecule has 0 spiro atoms. The van der Waals surface area contributed by atoms with Crippen molar-refractivity contribution in [3.8, 4) is 5.75 Å². The highest BCUT2D eigenvalue weighted by Gasteiger charge is 1.99. The molecule has 0 saturated heterocycles. The zero-order valence-electron chi connectivity index (χ0n) is 9.04. The van der Waals surface area contributed by atoms with E-state index in [2.05, 4.69) is 5.32 Å². The van der Waals surface area contributed by atoms with Crippen molar-refractivity contribution in [3.63, 3.8) is 0 Å². The molecule has 1 aromatic rings. The average Bonchev–Trinajstić information content (AvgIpc) is 2.17. The number of aryl methyl sites for hydroxylation is 2. The summed E-state index contributed by atoms with van der Waals surface area (Å²) in [6.45, 7) is 4.83. The van der Waals surface area contributed by atoms with E-state index in [0.717, 1.165) is 16.9 Å². The van der Waals surface area contributed by atoms with Crippen LogP contribution >= 0.6 is 0 Å². The molecule has 0 aliphatic rings. The van der Waals surface area contributed by atoms with Crippen LogP contribution in [0.5, 0.6) is 5.75 Å². The zero-order chi connectivity index (χ0) is 11.3. The molecular weight excluding hydrogens is 192 g/mol. The molecule has 2 amide bonds. The van der Waals surface area contributed by atoms with Crippen LogP contribution in [0.25, 0.3) is 0 Å². The lowest BCUT2D eigenvalue weighted by molar-refractivity contribution is 0.244. The summed E-state index contributed by atoms with van der Waals surface area (Å²) in [5.41, 5.74) is 7.15. The molecule has 15 heavy (non-hydrogen) atoms. The van der Waals surface area contributed by atoms with Gasteiger partial charge in [-0.15, -0.1) is 0 Å². The Labute approximate surface area is 89.4 Å². The summed E-state index contributed by atoms with van der Waals surface area (Å²) < 4.78 is 5.50. The van der Waals surface area contributed by atoms with Crippen LogP contribution < -0.4 is 15.8 Å². The third-order valence-electron chi connectivity index (χ3n) is 2.00. The molecular formula is C11H16N2O2. The van der Waals surface area contributed by atoms with Crippen molar-refractivity contribution in [1.29, 1.82) is 0 Å². The molecule has 0 heterocycles. The topological polar surface area (TPSA) is 64.3 Å². The quantitative estimate of drug-likeness (QED) is 0.733. The van der Waals surface area contributed by atoms with Crippen molar-refractivity contribution in [2.45, 2.75) is 13.8 Å². The number of urea groups is 1. The lowest BCUT2D eigenvalue weighted by Crippen LogP contribution is -2.32. The first-order chi connectivity index (χ1) is 7.09. The standard InChI is InChI=1S/C11H16N2O2/c1-8-3-4-9(2)10(7-8)15-6-5-13-11(12)14/h3-4,7H,5-6H2,1-2H3,(H3,12,13,14). The molecule has 0 aromatic heterocycles. The van der Waals surface area contributed by atoms with E-state index in [4.69, 9.17) is 10.5 Å². The maximum absolute atomic E-state index is 10.4. The number of hydrogen-bond donors (Lipinski definition) is 2. The Morgan fingerprint density at radius 3 is 2.87 bits per heavy atom. The van der Waals surface area contributed by atoms with Gasteiger partial charge >= 0.3 is 6.03 Å². The maximum atomic E-state index is 10.4. The first-order valence-corrected chi connectivity index (χ1v) is 4.83. The second-order valence-corrected chi connectivity index (χ2v) is 3.41. The SMILES string of the molecule is Cc1ccc(C)c(OCCNC(N)=O)c1. The number of carbonyl (C=O) groups is 1. The highest BCUT2D eigenvalue weighted by atomic mass is 16.5. The van der Waals surface area contributed by atoms with Gasteiger partial charge in [-0.1, -0.05) is 12.1 Å². The Bertz CT molecular complexity index is 350. The zero-order valence-corrected chi connectivity index (χ0v) is 9.04. The second-order valence-electron chi connectivity index (χ2n) is 3.41. The number of rotatable bonds is 4. The van der Waals surface area contributed by atoms with Gasteiger partial charge in [0.25, 0.3) is 0 Å². The van der Waals surface area contributed by atoms with Gasteiger partial charge in [-0.05, 0) is 31.0 Å². The summed E-state index contributed by atoms with van der Waals surface area (Å²) in [5, 5.41) is 2.46. The lowest BCUT2D eigenvalue weighted by atomic mass is 10.1. The van der Waals surface area contributed by atoms with Gasteiger partial charge in [-0.25, -0.2) is 4.79 Å². The van der Waals surface area contributed by atoms with Crippen LogP contribution in [0.1, 0.15) is 11.1 Å². The van der Waals surface area contributed by atoms with Crippen LogP contribution in [0, 0.1) is 13.8 Å². The number of nitrogens with one attached hydrogen (secondary N) is 1. The van der Waals surface area contributed by atoms with E-state index in [0.29, 0.717) is 13.2 Å². The Morgan fingerprint density at radius 1 is 1.47 bits per heavy atom. The Kier molecular flexibility index (Phi) is 3.97. The maximum Gasteiger partial charge on any atom is 0.312 e. The molecule has 4 nitrogen and oxygen atoms in total. The Hall–Kier alpha value is -1.71. The minimum Gasteiger partial charge on any atom is -0.491 e. The molecule has 1 rings (SSSR count). The second kappa shape index (κ2) is 5.24. The molecule has 0 aliphatic heterocycles. The van der Waals surface area contributed by atoms with Crippen LogP contribution in [-0.2, 0) is 0 Å². The highest BCUT2D eigenvalue weighted by molar-refractivity contribution is 5.71. The fourth-order valence-corrected chi connectivity index (χ4v) is 1.20. The number of primary amides is 1. The van der Waals surface area contributed by atoms with E-state index < -0.39 is 6.03 Å². The van der Waals surface area contributed by atoms with E-state index in [1.165, 1.54) is 0 Å². The normalized spacial score (nSPS) is 9.73. The molecule has 0 aliphatic carbocycles. The van der Waals surface area contributed by atoms with Gasteiger partial charge in [0.15, 0.2) is 0 Å². The third-order valence-corrected chi connectivity index (χ3v) is 2.00. The van der Waals surface area contributed by atoms with E-state index in [-0.39, 0.29) is 0 Å². The molecule has 0 radical (unpaired) electrons. The molecule has 3 N–H and O–H groups in total. The fourth-order valence-electron chi connectivity index (χ4n) is 1.20. The summed E-state index contributed by atoms with van der Waals surface area (Å²) >= 11 is 0. The smallest absolute Gasteiger partial charge is 0.312 e. The predicted molar refractivity (Wildman–Crippen MR) is 59.0 cm³/mol. The highest BCUT2D eigenvalue weighted by Crippen LogP contribution is 2.18. The molecule has 0 fully saturated rings. The largest absolute Gasteiger partial charge is 0.491 e. The van der Waals surface area contributed by atoms with Gasteiger partial charge < -0.3 is 15.8 Å². The molecule has 0 unspecified atom stereocenters. The van der Waals surface area contributed by atoms with Gasteiger partial charge in [0.2, 0.25) is 0 Å². The first kappa shape index (κ1) is 11.4. The molecule has 0 saturated carbocycles. The number of hydrogen-bond acceptors (Lipinski definition) is 2. The molecule has 1 aromatic carbocycles. The van der Waals surface area contributed by atoms with Crippen LogP contribution in [0.15, 0.2) is 18.2 Å².